The van der Waals surface area contributed by atoms with Crippen LogP contribution in [-0.2, 0) is 11.3 Å². The minimum atomic E-state index is -0.364. The monoisotopic (exact) mass is 345 g/mol. The molecule has 3 aromatic rings. The molecule has 0 atom stereocenters. The Labute approximate surface area is 151 Å². The molecule has 1 aromatic heterocycles. The van der Waals surface area contributed by atoms with Gasteiger partial charge in [0, 0.05) is 35.8 Å². The highest BCUT2D eigenvalue weighted by Crippen LogP contribution is 2.25. The Bertz CT molecular complexity index is 1020. The number of para-hydroxylation sites is 1. The number of likely N-dealkylation sites (N-methyl/N-ethyl adjacent to an activating group) is 1. The molecule has 0 aliphatic carbocycles. The predicted molar refractivity (Wildman–Crippen MR) is 101 cm³/mol. The fourth-order valence-electron chi connectivity index (χ4n) is 3.32. The Balaban J connectivity index is 1.76. The number of nitrogens with zero attached hydrogens (tertiary/aromatic N) is 2. The van der Waals surface area contributed by atoms with E-state index in [1.54, 1.807) is 13.0 Å². The number of benzene rings is 2. The van der Waals surface area contributed by atoms with Crippen molar-refractivity contribution in [1.29, 1.82) is 0 Å². The third-order valence-electron chi connectivity index (χ3n) is 4.59. The summed E-state index contributed by atoms with van der Waals surface area (Å²) < 4.78 is 2.16. The third-order valence-corrected chi connectivity index (χ3v) is 4.59. The summed E-state index contributed by atoms with van der Waals surface area (Å²) in [5.41, 5.74) is 3.53. The quantitative estimate of drug-likeness (QED) is 0.580. The first-order chi connectivity index (χ1) is 12.7. The van der Waals surface area contributed by atoms with Gasteiger partial charge in [-0.15, -0.1) is 0 Å². The Morgan fingerprint density at radius 1 is 1.00 bits per heavy atom. The number of carbonyl (C=O) groups is 2. The summed E-state index contributed by atoms with van der Waals surface area (Å²) in [6.07, 6.45) is 3.79. The molecule has 0 radical (unpaired) electrons. The van der Waals surface area contributed by atoms with Crippen molar-refractivity contribution in [3.8, 4) is 0 Å². The SMILES string of the molecule is CCN1C(=O)NC(=Cc2cn(Cc3ccccc3)c3ccccc23)C1=O. The molecule has 0 spiro atoms. The molecule has 5 nitrogen and oxygen atoms in total. The molecule has 3 amide bonds. The number of nitrogens with one attached hydrogen (secondary N) is 1. The van der Waals surface area contributed by atoms with Crippen LogP contribution in [0.2, 0.25) is 0 Å². The molecule has 130 valence electrons. The zero-order valence-electron chi connectivity index (χ0n) is 14.5. The maximum absolute atomic E-state index is 12.4. The van der Waals surface area contributed by atoms with E-state index >= 15 is 0 Å². The molecule has 2 heterocycles. The summed E-state index contributed by atoms with van der Waals surface area (Å²) in [6, 6.07) is 17.9. The molecule has 5 heteroatoms. The van der Waals surface area contributed by atoms with E-state index in [4.69, 9.17) is 0 Å². The Morgan fingerprint density at radius 3 is 2.46 bits per heavy atom. The van der Waals surface area contributed by atoms with Crippen LogP contribution >= 0.6 is 0 Å². The number of fused-ring (bicyclic) bond motifs is 1. The van der Waals surface area contributed by atoms with E-state index in [0.717, 1.165) is 23.0 Å². The first-order valence-corrected chi connectivity index (χ1v) is 8.63. The highest BCUT2D eigenvalue weighted by atomic mass is 16.2. The average Bonchev–Trinajstić information content (AvgIpc) is 3.13. The third kappa shape index (κ3) is 2.77. The topological polar surface area (TPSA) is 54.3 Å². The molecule has 1 saturated heterocycles. The molecule has 1 aliphatic rings. The van der Waals surface area contributed by atoms with Gasteiger partial charge in [0.25, 0.3) is 5.91 Å². The maximum Gasteiger partial charge on any atom is 0.328 e. The number of hydrogen-bond donors (Lipinski definition) is 1. The van der Waals surface area contributed by atoms with Gasteiger partial charge in [0.15, 0.2) is 0 Å². The first-order valence-electron chi connectivity index (χ1n) is 8.63. The Kier molecular flexibility index (Phi) is 4.05. The van der Waals surface area contributed by atoms with Crippen molar-refractivity contribution >= 4 is 28.9 Å². The largest absolute Gasteiger partial charge is 0.342 e. The molecule has 0 saturated carbocycles. The number of amides is 3. The van der Waals surface area contributed by atoms with Gasteiger partial charge in [-0.2, -0.15) is 0 Å². The Morgan fingerprint density at radius 2 is 1.73 bits per heavy atom. The highest BCUT2D eigenvalue weighted by Gasteiger charge is 2.32. The summed E-state index contributed by atoms with van der Waals surface area (Å²) in [7, 11) is 0. The van der Waals surface area contributed by atoms with Crippen LogP contribution in [0.25, 0.3) is 17.0 Å². The number of urea groups is 1. The fraction of sp³-hybridized carbons (Fsp3) is 0.143. The van der Waals surface area contributed by atoms with Crippen molar-refractivity contribution in [3.05, 3.63) is 77.6 Å². The molecule has 1 aliphatic heterocycles. The van der Waals surface area contributed by atoms with E-state index in [1.807, 2.05) is 42.6 Å². The van der Waals surface area contributed by atoms with Crippen molar-refractivity contribution in [2.45, 2.75) is 13.5 Å². The second kappa shape index (κ2) is 6.52. The van der Waals surface area contributed by atoms with E-state index in [9.17, 15) is 9.59 Å². The summed E-state index contributed by atoms with van der Waals surface area (Å²) in [6.45, 7) is 2.88. The van der Waals surface area contributed by atoms with Crippen molar-refractivity contribution in [3.63, 3.8) is 0 Å². The van der Waals surface area contributed by atoms with Crippen LogP contribution in [0.1, 0.15) is 18.1 Å². The van der Waals surface area contributed by atoms with Gasteiger partial charge >= 0.3 is 6.03 Å². The number of imide groups is 1. The lowest BCUT2D eigenvalue weighted by molar-refractivity contribution is -0.122. The van der Waals surface area contributed by atoms with Crippen LogP contribution in [0.3, 0.4) is 0 Å². The van der Waals surface area contributed by atoms with Gasteiger partial charge in [0.1, 0.15) is 5.70 Å². The van der Waals surface area contributed by atoms with E-state index in [1.165, 1.54) is 10.5 Å². The molecule has 2 aromatic carbocycles. The summed E-state index contributed by atoms with van der Waals surface area (Å²) >= 11 is 0. The number of rotatable bonds is 4. The van der Waals surface area contributed by atoms with Crippen LogP contribution in [-0.4, -0.2) is 28.0 Å². The summed E-state index contributed by atoms with van der Waals surface area (Å²) in [4.78, 5) is 25.4. The molecule has 26 heavy (non-hydrogen) atoms. The van der Waals surface area contributed by atoms with Crippen LogP contribution in [0.4, 0.5) is 4.79 Å². The summed E-state index contributed by atoms with van der Waals surface area (Å²) in [5.74, 6) is -0.280. The average molecular weight is 345 g/mol. The van der Waals surface area contributed by atoms with E-state index in [-0.39, 0.29) is 11.9 Å². The molecular formula is C21H19N3O2. The van der Waals surface area contributed by atoms with Crippen LogP contribution in [0.15, 0.2) is 66.5 Å². The molecule has 0 bridgehead atoms. The summed E-state index contributed by atoms with van der Waals surface area (Å²) in [5, 5.41) is 3.72. The van der Waals surface area contributed by atoms with Crippen LogP contribution in [0.5, 0.6) is 0 Å². The zero-order valence-corrected chi connectivity index (χ0v) is 14.5. The molecule has 1 fully saturated rings. The maximum atomic E-state index is 12.4. The van der Waals surface area contributed by atoms with Gasteiger partial charge in [-0.1, -0.05) is 48.5 Å². The minimum absolute atomic E-state index is 0.280. The lowest BCUT2D eigenvalue weighted by Crippen LogP contribution is -2.30. The second-order valence-electron chi connectivity index (χ2n) is 6.25. The van der Waals surface area contributed by atoms with Crippen LogP contribution in [0, 0.1) is 0 Å². The molecular weight excluding hydrogens is 326 g/mol. The molecule has 4 rings (SSSR count). The van der Waals surface area contributed by atoms with Gasteiger partial charge in [-0.3, -0.25) is 9.69 Å². The van der Waals surface area contributed by atoms with Crippen LogP contribution < -0.4 is 5.32 Å². The fourth-order valence-corrected chi connectivity index (χ4v) is 3.32. The lowest BCUT2D eigenvalue weighted by Gasteiger charge is -2.05. The van der Waals surface area contributed by atoms with Gasteiger partial charge < -0.3 is 9.88 Å². The van der Waals surface area contributed by atoms with Crippen molar-refractivity contribution in [2.75, 3.05) is 6.54 Å². The normalized spacial score (nSPS) is 15.9. The minimum Gasteiger partial charge on any atom is -0.342 e. The van der Waals surface area contributed by atoms with E-state index in [2.05, 4.69) is 28.1 Å². The van der Waals surface area contributed by atoms with Crippen molar-refractivity contribution in [1.82, 2.24) is 14.8 Å². The molecule has 0 unspecified atom stereocenters. The Hall–Kier alpha value is -3.34. The number of hydrogen-bond acceptors (Lipinski definition) is 2. The van der Waals surface area contributed by atoms with Crippen molar-refractivity contribution < 1.29 is 9.59 Å². The van der Waals surface area contributed by atoms with Gasteiger partial charge in [-0.05, 0) is 24.6 Å². The lowest BCUT2D eigenvalue weighted by atomic mass is 10.1. The highest BCUT2D eigenvalue weighted by molar-refractivity contribution is 6.14. The van der Waals surface area contributed by atoms with Gasteiger partial charge in [0.2, 0.25) is 0 Å². The van der Waals surface area contributed by atoms with E-state index in [0.29, 0.717) is 12.2 Å². The van der Waals surface area contributed by atoms with Gasteiger partial charge in [-0.25, -0.2) is 4.79 Å². The van der Waals surface area contributed by atoms with E-state index < -0.39 is 0 Å². The zero-order chi connectivity index (χ0) is 18.1. The first kappa shape index (κ1) is 16.1. The predicted octanol–water partition coefficient (Wildman–Crippen LogP) is 3.60. The number of aromatic nitrogens is 1. The number of carbonyl (C=O) groups excluding carboxylic acids is 2. The van der Waals surface area contributed by atoms with Gasteiger partial charge in [0.05, 0.1) is 0 Å². The molecule has 1 N–H and O–H groups in total. The smallest absolute Gasteiger partial charge is 0.328 e. The standard InChI is InChI=1S/C21H19N3O2/c1-2-24-20(25)18(22-21(24)26)12-16-14-23(13-15-8-4-3-5-9-15)19-11-7-6-10-17(16)19/h3-12,14H,2,13H2,1H3,(H,22,26). The second-order valence-corrected chi connectivity index (χ2v) is 6.25. The van der Waals surface area contributed by atoms with Crippen molar-refractivity contribution in [2.24, 2.45) is 0 Å².